The number of carbonyl (C=O) groups is 2. The lowest BCUT2D eigenvalue weighted by atomic mass is 10.2. The van der Waals surface area contributed by atoms with Crippen LogP contribution in [0.4, 0.5) is 4.39 Å². The summed E-state index contributed by atoms with van der Waals surface area (Å²) in [6.07, 6.45) is 0. The molecule has 0 aliphatic carbocycles. The van der Waals surface area contributed by atoms with Crippen molar-refractivity contribution in [3.05, 3.63) is 30.1 Å². The Labute approximate surface area is 134 Å². The Morgan fingerprint density at radius 2 is 1.83 bits per heavy atom. The number of aliphatic carboxylic acids is 1. The van der Waals surface area contributed by atoms with Gasteiger partial charge in [0.05, 0.1) is 6.04 Å². The first-order chi connectivity index (χ1) is 10.6. The molecule has 0 bridgehead atoms. The molecule has 0 aliphatic rings. The first-order valence-electron chi connectivity index (χ1n) is 6.85. The fraction of sp³-hybridized carbons (Fsp3) is 0.429. The molecule has 1 atom stereocenters. The number of carboxylic acid groups (broad SMARTS) is 1. The van der Waals surface area contributed by atoms with Crippen molar-refractivity contribution in [1.29, 1.82) is 0 Å². The molecule has 2 N–H and O–H groups in total. The van der Waals surface area contributed by atoms with Crippen LogP contribution in [-0.4, -0.2) is 48.9 Å². The van der Waals surface area contributed by atoms with Crippen LogP contribution in [0.3, 0.4) is 0 Å². The first kappa shape index (κ1) is 19.0. The molecule has 128 valence electrons. The number of sulfonamides is 1. The highest BCUT2D eigenvalue weighted by molar-refractivity contribution is 7.89. The van der Waals surface area contributed by atoms with Crippen LogP contribution in [0.25, 0.3) is 0 Å². The normalized spacial score (nSPS) is 12.9. The molecule has 1 aromatic carbocycles. The highest BCUT2D eigenvalue weighted by Crippen LogP contribution is 2.14. The van der Waals surface area contributed by atoms with Gasteiger partial charge in [0.1, 0.15) is 17.3 Å². The van der Waals surface area contributed by atoms with Crippen molar-refractivity contribution >= 4 is 21.9 Å². The van der Waals surface area contributed by atoms with Gasteiger partial charge in [-0.2, -0.15) is 4.72 Å². The fourth-order valence-corrected chi connectivity index (χ4v) is 3.19. The van der Waals surface area contributed by atoms with Crippen molar-refractivity contribution in [3.63, 3.8) is 0 Å². The third-order valence-electron chi connectivity index (χ3n) is 3.04. The van der Waals surface area contributed by atoms with E-state index in [1.165, 1.54) is 19.1 Å². The minimum atomic E-state index is -4.24. The van der Waals surface area contributed by atoms with E-state index in [1.807, 2.05) is 0 Å². The SMILES string of the molecule is CC(NS(=O)(=O)c1ccccc1F)C(=O)N(CC(=O)O)C(C)C. The quantitative estimate of drug-likeness (QED) is 0.760. The molecule has 0 aliphatic heterocycles. The first-order valence-corrected chi connectivity index (χ1v) is 8.33. The van der Waals surface area contributed by atoms with E-state index < -0.39 is 51.2 Å². The minimum Gasteiger partial charge on any atom is -0.480 e. The molecule has 0 saturated heterocycles. The van der Waals surface area contributed by atoms with E-state index in [0.29, 0.717) is 0 Å². The highest BCUT2D eigenvalue weighted by Gasteiger charge is 2.29. The van der Waals surface area contributed by atoms with Gasteiger partial charge in [-0.15, -0.1) is 0 Å². The molecule has 9 heteroatoms. The van der Waals surface area contributed by atoms with E-state index in [9.17, 15) is 22.4 Å². The Balaban J connectivity index is 2.97. The third kappa shape index (κ3) is 5.00. The molecule has 1 amide bonds. The summed E-state index contributed by atoms with van der Waals surface area (Å²) < 4.78 is 40.0. The number of amides is 1. The molecule has 1 unspecified atom stereocenters. The maximum Gasteiger partial charge on any atom is 0.323 e. The Morgan fingerprint density at radius 3 is 2.30 bits per heavy atom. The topological polar surface area (TPSA) is 104 Å². The molecule has 0 fully saturated rings. The standard InChI is InChI=1S/C14H19FN2O5S/c1-9(2)17(8-13(18)19)14(20)10(3)16-23(21,22)12-7-5-4-6-11(12)15/h4-7,9-10,16H,8H2,1-3H3,(H,18,19). The smallest absolute Gasteiger partial charge is 0.323 e. The highest BCUT2D eigenvalue weighted by atomic mass is 32.2. The van der Waals surface area contributed by atoms with Crippen LogP contribution in [0.2, 0.25) is 0 Å². The summed E-state index contributed by atoms with van der Waals surface area (Å²) in [7, 11) is -4.24. The molecule has 0 aromatic heterocycles. The maximum absolute atomic E-state index is 13.6. The molecule has 0 spiro atoms. The van der Waals surface area contributed by atoms with Gasteiger partial charge in [0.15, 0.2) is 0 Å². The minimum absolute atomic E-state index is 0.431. The van der Waals surface area contributed by atoms with Crippen molar-refractivity contribution in [1.82, 2.24) is 9.62 Å². The van der Waals surface area contributed by atoms with Gasteiger partial charge >= 0.3 is 5.97 Å². The van der Waals surface area contributed by atoms with Crippen LogP contribution >= 0.6 is 0 Å². The van der Waals surface area contributed by atoms with Gasteiger partial charge in [0.25, 0.3) is 0 Å². The van der Waals surface area contributed by atoms with Gasteiger partial charge in [0.2, 0.25) is 15.9 Å². The van der Waals surface area contributed by atoms with E-state index in [4.69, 9.17) is 5.11 Å². The largest absolute Gasteiger partial charge is 0.480 e. The molecule has 23 heavy (non-hydrogen) atoms. The molecular weight excluding hydrogens is 327 g/mol. The number of carboxylic acids is 1. The van der Waals surface area contributed by atoms with Crippen LogP contribution in [0.5, 0.6) is 0 Å². The number of benzene rings is 1. The monoisotopic (exact) mass is 346 g/mol. The predicted molar refractivity (Wildman–Crippen MR) is 80.7 cm³/mol. The summed E-state index contributed by atoms with van der Waals surface area (Å²) in [5, 5.41) is 8.83. The molecule has 1 aromatic rings. The van der Waals surface area contributed by atoms with E-state index in [0.717, 1.165) is 17.0 Å². The van der Waals surface area contributed by atoms with Crippen LogP contribution < -0.4 is 4.72 Å². The molecule has 7 nitrogen and oxygen atoms in total. The number of hydrogen-bond donors (Lipinski definition) is 2. The Morgan fingerprint density at radius 1 is 1.26 bits per heavy atom. The predicted octanol–water partition coefficient (Wildman–Crippen LogP) is 0.814. The molecule has 1 rings (SSSR count). The number of rotatable bonds is 7. The zero-order valence-corrected chi connectivity index (χ0v) is 13.8. The van der Waals surface area contributed by atoms with Crippen LogP contribution in [0.15, 0.2) is 29.2 Å². The van der Waals surface area contributed by atoms with Crippen molar-refractivity contribution in [3.8, 4) is 0 Å². The summed E-state index contributed by atoms with van der Waals surface area (Å²) in [5.74, 6) is -2.86. The van der Waals surface area contributed by atoms with E-state index >= 15 is 0 Å². The Bertz CT molecular complexity index is 690. The van der Waals surface area contributed by atoms with E-state index in [2.05, 4.69) is 4.72 Å². The average molecular weight is 346 g/mol. The van der Waals surface area contributed by atoms with Gasteiger partial charge in [-0.25, -0.2) is 12.8 Å². The Kier molecular flexibility index (Phi) is 6.22. The third-order valence-corrected chi connectivity index (χ3v) is 4.61. The molecular formula is C14H19FN2O5S. The number of halogens is 1. The summed E-state index contributed by atoms with van der Waals surface area (Å²) in [6.45, 7) is 3.94. The maximum atomic E-state index is 13.6. The molecule has 0 radical (unpaired) electrons. The zero-order chi connectivity index (χ0) is 17.8. The van der Waals surface area contributed by atoms with Crippen molar-refractivity contribution in [2.24, 2.45) is 0 Å². The number of nitrogens with zero attached hydrogens (tertiary/aromatic N) is 1. The van der Waals surface area contributed by atoms with Crippen LogP contribution in [-0.2, 0) is 19.6 Å². The van der Waals surface area contributed by atoms with Gasteiger partial charge < -0.3 is 10.0 Å². The van der Waals surface area contributed by atoms with E-state index in [1.54, 1.807) is 13.8 Å². The molecule has 0 saturated carbocycles. The van der Waals surface area contributed by atoms with Crippen LogP contribution in [0.1, 0.15) is 20.8 Å². The van der Waals surface area contributed by atoms with Crippen molar-refractivity contribution in [2.75, 3.05) is 6.54 Å². The average Bonchev–Trinajstić information content (AvgIpc) is 2.43. The van der Waals surface area contributed by atoms with E-state index in [-0.39, 0.29) is 0 Å². The van der Waals surface area contributed by atoms with Crippen LogP contribution in [0, 0.1) is 5.82 Å². The van der Waals surface area contributed by atoms with Gasteiger partial charge in [-0.05, 0) is 32.9 Å². The molecule has 0 heterocycles. The summed E-state index contributed by atoms with van der Waals surface area (Å²) in [5.41, 5.74) is 0. The summed E-state index contributed by atoms with van der Waals surface area (Å²) in [6, 6.07) is 3.10. The lowest BCUT2D eigenvalue weighted by molar-refractivity contribution is -0.146. The van der Waals surface area contributed by atoms with Crippen molar-refractivity contribution < 1.29 is 27.5 Å². The van der Waals surface area contributed by atoms with Gasteiger partial charge in [-0.3, -0.25) is 9.59 Å². The second-order valence-electron chi connectivity index (χ2n) is 5.23. The number of nitrogens with one attached hydrogen (secondary N) is 1. The summed E-state index contributed by atoms with van der Waals surface area (Å²) in [4.78, 5) is 23.5. The number of carbonyl (C=O) groups excluding carboxylic acids is 1. The second kappa shape index (κ2) is 7.51. The van der Waals surface area contributed by atoms with Crippen molar-refractivity contribution in [2.45, 2.75) is 37.8 Å². The zero-order valence-electron chi connectivity index (χ0n) is 13.0. The van der Waals surface area contributed by atoms with Gasteiger partial charge in [-0.1, -0.05) is 12.1 Å². The lowest BCUT2D eigenvalue weighted by Crippen LogP contribution is -2.50. The second-order valence-corrected chi connectivity index (χ2v) is 6.91. The lowest BCUT2D eigenvalue weighted by Gasteiger charge is -2.28. The summed E-state index contributed by atoms with van der Waals surface area (Å²) >= 11 is 0. The Hall–Kier alpha value is -2.00. The fourth-order valence-electron chi connectivity index (χ4n) is 1.92. The number of hydrogen-bond acceptors (Lipinski definition) is 4. The van der Waals surface area contributed by atoms with Gasteiger partial charge in [0, 0.05) is 6.04 Å².